The fourth-order valence-corrected chi connectivity index (χ4v) is 5.40. The van der Waals surface area contributed by atoms with Crippen molar-refractivity contribution < 1.29 is 22.7 Å². The lowest BCUT2D eigenvalue weighted by Gasteiger charge is -2.26. The quantitative estimate of drug-likeness (QED) is 0.525. The Balaban J connectivity index is 1.41. The lowest BCUT2D eigenvalue weighted by Crippen LogP contribution is -2.37. The number of rotatable bonds is 5. The van der Waals surface area contributed by atoms with Crippen molar-refractivity contribution in [3.05, 3.63) is 65.7 Å². The standard InChI is InChI=1S/C25H24F3N3O2/c1-2-33-21-10-7-15-5-3-4-6-19(15)23(21)24(32)31-18-8-9-20(31)16(12-18)11-17-13-30-22(14-29-17)25(26,27)28/h3-7,10,13-14,16,18,20H,2,8-9,11-12H2,1H3. The summed E-state index contributed by atoms with van der Waals surface area (Å²) < 4.78 is 44.2. The molecule has 33 heavy (non-hydrogen) atoms. The molecule has 3 unspecified atom stereocenters. The molecule has 2 saturated heterocycles. The molecule has 0 radical (unpaired) electrons. The maximum atomic E-state index is 13.9. The minimum absolute atomic E-state index is 0.0278. The van der Waals surface area contributed by atoms with Gasteiger partial charge in [0, 0.05) is 18.3 Å². The molecule has 0 N–H and O–H groups in total. The summed E-state index contributed by atoms with van der Waals surface area (Å²) in [7, 11) is 0. The van der Waals surface area contributed by atoms with Crippen molar-refractivity contribution in [2.75, 3.05) is 6.61 Å². The summed E-state index contributed by atoms with van der Waals surface area (Å²) in [4.78, 5) is 23.4. The van der Waals surface area contributed by atoms with E-state index in [0.29, 0.717) is 30.0 Å². The van der Waals surface area contributed by atoms with E-state index in [1.165, 1.54) is 6.20 Å². The van der Waals surface area contributed by atoms with Gasteiger partial charge in [-0.1, -0.05) is 30.3 Å². The summed E-state index contributed by atoms with van der Waals surface area (Å²) in [6.07, 6.45) is 0.620. The maximum Gasteiger partial charge on any atom is 0.434 e. The van der Waals surface area contributed by atoms with Gasteiger partial charge < -0.3 is 9.64 Å². The van der Waals surface area contributed by atoms with Crippen LogP contribution in [0.3, 0.4) is 0 Å². The Hall–Kier alpha value is -3.16. The number of amides is 1. The molecule has 0 spiro atoms. The van der Waals surface area contributed by atoms with Gasteiger partial charge in [-0.2, -0.15) is 13.2 Å². The van der Waals surface area contributed by atoms with Crippen molar-refractivity contribution in [1.82, 2.24) is 14.9 Å². The van der Waals surface area contributed by atoms with Crippen LogP contribution in [0.4, 0.5) is 13.2 Å². The molecule has 2 aliphatic heterocycles. The Morgan fingerprint density at radius 2 is 1.94 bits per heavy atom. The third-order valence-corrected chi connectivity index (χ3v) is 6.77. The third kappa shape index (κ3) is 3.92. The van der Waals surface area contributed by atoms with E-state index in [-0.39, 0.29) is 23.9 Å². The van der Waals surface area contributed by atoms with Crippen LogP contribution in [0.1, 0.15) is 47.9 Å². The predicted octanol–water partition coefficient (Wildman–Crippen LogP) is 5.28. The zero-order valence-electron chi connectivity index (χ0n) is 18.2. The molecule has 0 saturated carbocycles. The number of benzene rings is 2. The number of nitrogens with zero attached hydrogens (tertiary/aromatic N) is 3. The Bertz CT molecular complexity index is 1180. The number of halogens is 3. The minimum atomic E-state index is -4.50. The SMILES string of the molecule is CCOc1ccc2ccccc2c1C(=O)N1C2CCC1C(Cc1cnc(C(F)(F)F)cn1)C2. The molecule has 2 bridgehead atoms. The molecule has 3 heterocycles. The van der Waals surface area contributed by atoms with Crippen LogP contribution in [-0.2, 0) is 12.6 Å². The molecule has 2 fully saturated rings. The second-order valence-electron chi connectivity index (χ2n) is 8.69. The van der Waals surface area contributed by atoms with Crippen LogP contribution in [0.5, 0.6) is 5.75 Å². The van der Waals surface area contributed by atoms with E-state index >= 15 is 0 Å². The molecule has 5 nitrogen and oxygen atoms in total. The topological polar surface area (TPSA) is 55.3 Å². The maximum absolute atomic E-state index is 13.9. The minimum Gasteiger partial charge on any atom is -0.493 e. The smallest absolute Gasteiger partial charge is 0.434 e. The predicted molar refractivity (Wildman–Crippen MR) is 117 cm³/mol. The Kier molecular flexibility index (Phi) is 5.46. The van der Waals surface area contributed by atoms with Gasteiger partial charge in [0.1, 0.15) is 5.75 Å². The van der Waals surface area contributed by atoms with Crippen LogP contribution < -0.4 is 4.74 Å². The van der Waals surface area contributed by atoms with E-state index < -0.39 is 11.9 Å². The van der Waals surface area contributed by atoms with Crippen LogP contribution >= 0.6 is 0 Å². The highest BCUT2D eigenvalue weighted by Crippen LogP contribution is 2.45. The molecule has 0 aliphatic carbocycles. The van der Waals surface area contributed by atoms with Crippen molar-refractivity contribution in [2.24, 2.45) is 5.92 Å². The van der Waals surface area contributed by atoms with Gasteiger partial charge in [0.05, 0.1) is 24.1 Å². The number of carbonyl (C=O) groups excluding carboxylic acids is 1. The van der Waals surface area contributed by atoms with E-state index in [1.54, 1.807) is 0 Å². The largest absolute Gasteiger partial charge is 0.493 e. The molecule has 1 amide bonds. The van der Waals surface area contributed by atoms with Crippen LogP contribution in [0.2, 0.25) is 0 Å². The van der Waals surface area contributed by atoms with Gasteiger partial charge in [-0.05, 0) is 55.4 Å². The van der Waals surface area contributed by atoms with Gasteiger partial charge in [-0.15, -0.1) is 0 Å². The van der Waals surface area contributed by atoms with Crippen LogP contribution in [-0.4, -0.2) is 39.5 Å². The second kappa shape index (κ2) is 8.32. The summed E-state index contributed by atoms with van der Waals surface area (Å²) in [5, 5.41) is 1.84. The normalized spacial score (nSPS) is 22.2. The first-order valence-corrected chi connectivity index (χ1v) is 11.2. The first-order chi connectivity index (χ1) is 15.9. The number of hydrogen-bond acceptors (Lipinski definition) is 4. The lowest BCUT2D eigenvalue weighted by molar-refractivity contribution is -0.141. The highest BCUT2D eigenvalue weighted by Gasteiger charge is 2.49. The van der Waals surface area contributed by atoms with Crippen molar-refractivity contribution in [2.45, 2.75) is 50.9 Å². The van der Waals surface area contributed by atoms with Gasteiger partial charge in [-0.25, -0.2) is 4.98 Å². The molecular weight excluding hydrogens is 431 g/mol. The number of hydrogen-bond donors (Lipinski definition) is 0. The van der Waals surface area contributed by atoms with Gasteiger partial charge in [0.15, 0.2) is 5.69 Å². The van der Waals surface area contributed by atoms with Crippen LogP contribution in [0, 0.1) is 5.92 Å². The summed E-state index contributed by atoms with van der Waals surface area (Å²) in [6.45, 7) is 2.35. The number of carbonyl (C=O) groups is 1. The Morgan fingerprint density at radius 3 is 2.67 bits per heavy atom. The molecular formula is C25H24F3N3O2. The van der Waals surface area contributed by atoms with Crippen molar-refractivity contribution >= 4 is 16.7 Å². The van der Waals surface area contributed by atoms with Crippen molar-refractivity contribution in [3.63, 3.8) is 0 Å². The van der Waals surface area contributed by atoms with Gasteiger partial charge >= 0.3 is 6.18 Å². The number of fused-ring (bicyclic) bond motifs is 3. The molecule has 3 atom stereocenters. The monoisotopic (exact) mass is 455 g/mol. The van der Waals surface area contributed by atoms with Crippen LogP contribution in [0.15, 0.2) is 48.8 Å². The molecule has 1 aromatic heterocycles. The summed E-state index contributed by atoms with van der Waals surface area (Å²) >= 11 is 0. The molecule has 2 aliphatic rings. The molecule has 3 aromatic rings. The van der Waals surface area contributed by atoms with Crippen molar-refractivity contribution in [1.29, 1.82) is 0 Å². The molecule has 5 rings (SSSR count). The Labute approximate surface area is 189 Å². The lowest BCUT2D eigenvalue weighted by atomic mass is 9.86. The van der Waals surface area contributed by atoms with Gasteiger partial charge in [0.25, 0.3) is 5.91 Å². The van der Waals surface area contributed by atoms with E-state index in [2.05, 4.69) is 9.97 Å². The van der Waals surface area contributed by atoms with E-state index in [9.17, 15) is 18.0 Å². The molecule has 172 valence electrons. The molecule has 8 heteroatoms. The fourth-order valence-electron chi connectivity index (χ4n) is 5.40. The second-order valence-corrected chi connectivity index (χ2v) is 8.69. The van der Waals surface area contributed by atoms with E-state index in [0.717, 1.165) is 36.2 Å². The zero-order valence-corrected chi connectivity index (χ0v) is 18.2. The highest BCUT2D eigenvalue weighted by atomic mass is 19.4. The van der Waals surface area contributed by atoms with Gasteiger partial charge in [-0.3, -0.25) is 9.78 Å². The first kappa shape index (κ1) is 21.7. The zero-order chi connectivity index (χ0) is 23.2. The fraction of sp³-hybridized carbons (Fsp3) is 0.400. The summed E-state index contributed by atoms with van der Waals surface area (Å²) in [5.41, 5.74) is 0.116. The third-order valence-electron chi connectivity index (χ3n) is 6.77. The van der Waals surface area contributed by atoms with Crippen molar-refractivity contribution in [3.8, 4) is 5.75 Å². The summed E-state index contributed by atoms with van der Waals surface area (Å²) in [6, 6.07) is 11.7. The average molecular weight is 455 g/mol. The average Bonchev–Trinajstić information content (AvgIpc) is 3.36. The number of alkyl halides is 3. The van der Waals surface area contributed by atoms with E-state index in [1.807, 2.05) is 48.2 Å². The van der Waals surface area contributed by atoms with Crippen LogP contribution in [0.25, 0.3) is 10.8 Å². The highest BCUT2D eigenvalue weighted by molar-refractivity contribution is 6.10. The summed E-state index contributed by atoms with van der Waals surface area (Å²) in [5.74, 6) is 0.686. The van der Waals surface area contributed by atoms with E-state index in [4.69, 9.17) is 4.74 Å². The Morgan fingerprint density at radius 1 is 1.12 bits per heavy atom. The molecule has 2 aromatic carbocycles. The van der Waals surface area contributed by atoms with Gasteiger partial charge in [0.2, 0.25) is 0 Å². The number of ether oxygens (including phenoxy) is 1. The first-order valence-electron chi connectivity index (χ1n) is 11.2. The number of aromatic nitrogens is 2.